The van der Waals surface area contributed by atoms with Gasteiger partial charge in [0.1, 0.15) is 0 Å². The summed E-state index contributed by atoms with van der Waals surface area (Å²) in [5, 5.41) is 2.56. The van der Waals surface area contributed by atoms with Gasteiger partial charge in [-0.3, -0.25) is 0 Å². The summed E-state index contributed by atoms with van der Waals surface area (Å²) in [7, 11) is 0. The van der Waals surface area contributed by atoms with Crippen LogP contribution in [-0.2, 0) is 5.41 Å². The van der Waals surface area contributed by atoms with E-state index in [0.29, 0.717) is 0 Å². The minimum absolute atomic E-state index is 0.428. The van der Waals surface area contributed by atoms with Gasteiger partial charge < -0.3 is 4.90 Å². The molecule has 240 valence electrons. The monoisotopic (exact) mass is 667 g/mol. The van der Waals surface area contributed by atoms with E-state index >= 15 is 0 Å². The highest BCUT2D eigenvalue weighted by atomic mass is 32.1. The Morgan fingerprint density at radius 2 is 0.882 bits per heavy atom. The van der Waals surface area contributed by atoms with Crippen LogP contribution >= 0.6 is 11.3 Å². The van der Waals surface area contributed by atoms with Gasteiger partial charge in [-0.25, -0.2) is 0 Å². The highest BCUT2D eigenvalue weighted by Gasteiger charge is 2.45. The minimum atomic E-state index is -0.428. The maximum Gasteiger partial charge on any atom is 0.0713 e. The van der Waals surface area contributed by atoms with Gasteiger partial charge in [-0.05, 0) is 99.1 Å². The zero-order valence-electron chi connectivity index (χ0n) is 27.9. The van der Waals surface area contributed by atoms with Gasteiger partial charge in [0, 0.05) is 37.2 Å². The highest BCUT2D eigenvalue weighted by molar-refractivity contribution is 7.25. The fourth-order valence-corrected chi connectivity index (χ4v) is 9.40. The molecule has 1 heterocycles. The number of benzene rings is 8. The lowest BCUT2D eigenvalue weighted by Crippen LogP contribution is -2.28. The van der Waals surface area contributed by atoms with Crippen molar-refractivity contribution in [1.29, 1.82) is 0 Å². The molecule has 0 amide bonds. The van der Waals surface area contributed by atoms with Crippen LogP contribution in [0.25, 0.3) is 42.4 Å². The molecule has 0 aliphatic heterocycles. The summed E-state index contributed by atoms with van der Waals surface area (Å²) >= 11 is 1.87. The van der Waals surface area contributed by atoms with Crippen molar-refractivity contribution in [3.8, 4) is 22.3 Å². The molecule has 51 heavy (non-hydrogen) atoms. The molecule has 1 nitrogen and oxygen atoms in total. The Labute approximate surface area is 302 Å². The number of hydrogen-bond acceptors (Lipinski definition) is 2. The Morgan fingerprint density at radius 3 is 1.59 bits per heavy atom. The van der Waals surface area contributed by atoms with Crippen molar-refractivity contribution in [2.45, 2.75) is 5.41 Å². The van der Waals surface area contributed by atoms with E-state index in [1.54, 1.807) is 0 Å². The average molecular weight is 668 g/mol. The number of nitrogens with zero attached hydrogens (tertiary/aromatic N) is 1. The molecule has 8 aromatic carbocycles. The van der Waals surface area contributed by atoms with Gasteiger partial charge in [0.05, 0.1) is 5.41 Å². The number of anilines is 3. The van der Waals surface area contributed by atoms with Crippen LogP contribution in [0.2, 0.25) is 0 Å². The van der Waals surface area contributed by atoms with E-state index in [1.807, 2.05) is 11.3 Å². The lowest BCUT2D eigenvalue weighted by molar-refractivity contribution is 0.770. The first kappa shape index (κ1) is 29.7. The average Bonchev–Trinajstić information content (AvgIpc) is 3.72. The molecule has 0 N–H and O–H groups in total. The lowest BCUT2D eigenvalue weighted by atomic mass is 9.67. The van der Waals surface area contributed by atoms with E-state index in [-0.39, 0.29) is 0 Å². The summed E-state index contributed by atoms with van der Waals surface area (Å²) in [6.07, 6.45) is 0. The van der Waals surface area contributed by atoms with Crippen LogP contribution in [0, 0.1) is 0 Å². The Bertz CT molecular complexity index is 2650. The Kier molecular flexibility index (Phi) is 6.97. The molecule has 0 atom stereocenters. The maximum absolute atomic E-state index is 2.48. The third-order valence-corrected chi connectivity index (χ3v) is 11.7. The van der Waals surface area contributed by atoms with Crippen LogP contribution in [0.1, 0.15) is 22.3 Å². The van der Waals surface area contributed by atoms with E-state index in [1.165, 1.54) is 64.7 Å². The largest absolute Gasteiger partial charge is 0.310 e. The molecular weight excluding hydrogens is 635 g/mol. The number of fused-ring (bicyclic) bond motifs is 6. The molecular formula is C49H33NS. The molecule has 0 fully saturated rings. The molecule has 0 radical (unpaired) electrons. The Balaban J connectivity index is 1.19. The first-order valence-corrected chi connectivity index (χ1v) is 18.3. The molecule has 1 aliphatic carbocycles. The summed E-state index contributed by atoms with van der Waals surface area (Å²) < 4.78 is 2.59. The summed E-state index contributed by atoms with van der Waals surface area (Å²) in [4.78, 5) is 2.38. The molecule has 0 unspecified atom stereocenters. The predicted molar refractivity (Wildman–Crippen MR) is 217 cm³/mol. The van der Waals surface area contributed by atoms with Gasteiger partial charge in [-0.2, -0.15) is 0 Å². The standard InChI is InChI=1S/C49H33NS/c1-4-15-34(16-5-1)35-17-14-22-39(31-35)50(38-20-8-3-9-21-38)40-28-30-48-44(33-40)43-32-37(27-29-47(43)51-48)49(36-18-6-2-7-19-36)45-25-12-10-23-41(45)42-24-11-13-26-46(42)49/h1-33H. The van der Waals surface area contributed by atoms with Crippen molar-refractivity contribution in [2.24, 2.45) is 0 Å². The molecule has 1 aromatic heterocycles. The van der Waals surface area contributed by atoms with Crippen molar-refractivity contribution >= 4 is 48.6 Å². The fourth-order valence-electron chi connectivity index (χ4n) is 8.33. The maximum atomic E-state index is 2.48. The zero-order chi connectivity index (χ0) is 33.8. The topological polar surface area (TPSA) is 3.24 Å². The molecule has 0 bridgehead atoms. The third kappa shape index (κ3) is 4.68. The van der Waals surface area contributed by atoms with Crippen molar-refractivity contribution < 1.29 is 0 Å². The minimum Gasteiger partial charge on any atom is -0.310 e. The Hall–Kier alpha value is -6.22. The summed E-state index contributed by atoms with van der Waals surface area (Å²) in [6, 6.07) is 73.4. The van der Waals surface area contributed by atoms with Crippen LogP contribution in [0.3, 0.4) is 0 Å². The van der Waals surface area contributed by atoms with Crippen LogP contribution in [-0.4, -0.2) is 0 Å². The number of thiophene rings is 1. The first-order valence-electron chi connectivity index (χ1n) is 17.5. The molecule has 2 heteroatoms. The third-order valence-electron chi connectivity index (χ3n) is 10.5. The van der Waals surface area contributed by atoms with Gasteiger partial charge in [-0.15, -0.1) is 11.3 Å². The van der Waals surface area contributed by atoms with Crippen LogP contribution in [0.4, 0.5) is 17.1 Å². The van der Waals surface area contributed by atoms with Crippen LogP contribution < -0.4 is 4.90 Å². The van der Waals surface area contributed by atoms with Gasteiger partial charge in [0.25, 0.3) is 0 Å². The summed E-state index contributed by atoms with van der Waals surface area (Å²) in [5.41, 5.74) is 13.3. The van der Waals surface area contributed by atoms with Gasteiger partial charge >= 0.3 is 0 Å². The molecule has 0 saturated heterocycles. The number of hydrogen-bond donors (Lipinski definition) is 0. The first-order chi connectivity index (χ1) is 25.3. The van der Waals surface area contributed by atoms with Crippen molar-refractivity contribution in [1.82, 2.24) is 0 Å². The molecule has 0 spiro atoms. The van der Waals surface area contributed by atoms with Gasteiger partial charge in [0.2, 0.25) is 0 Å². The predicted octanol–water partition coefficient (Wildman–Crippen LogP) is 13.6. The normalized spacial score (nSPS) is 12.9. The molecule has 9 aromatic rings. The van der Waals surface area contributed by atoms with Crippen molar-refractivity contribution in [2.75, 3.05) is 4.90 Å². The van der Waals surface area contributed by atoms with E-state index in [0.717, 1.165) is 17.1 Å². The number of rotatable bonds is 6. The smallest absolute Gasteiger partial charge is 0.0713 e. The molecule has 1 aliphatic rings. The van der Waals surface area contributed by atoms with Gasteiger partial charge in [0.15, 0.2) is 0 Å². The van der Waals surface area contributed by atoms with Crippen LogP contribution in [0.15, 0.2) is 200 Å². The van der Waals surface area contributed by atoms with E-state index < -0.39 is 5.41 Å². The summed E-state index contributed by atoms with van der Waals surface area (Å²) in [5.74, 6) is 0. The quantitative estimate of drug-likeness (QED) is 0.171. The second-order valence-electron chi connectivity index (χ2n) is 13.3. The SMILES string of the molecule is c1ccc(-c2cccc(N(c3ccccc3)c3ccc4sc5ccc(C6(c7ccccc7)c7ccccc7-c7ccccc76)cc5c4c3)c2)cc1. The zero-order valence-corrected chi connectivity index (χ0v) is 28.7. The number of para-hydroxylation sites is 1. The van der Waals surface area contributed by atoms with E-state index in [4.69, 9.17) is 0 Å². The molecule has 10 rings (SSSR count). The lowest BCUT2D eigenvalue weighted by Gasteiger charge is -2.34. The van der Waals surface area contributed by atoms with Crippen LogP contribution in [0.5, 0.6) is 0 Å². The molecule has 0 saturated carbocycles. The van der Waals surface area contributed by atoms with Crippen molar-refractivity contribution in [3.63, 3.8) is 0 Å². The highest BCUT2D eigenvalue weighted by Crippen LogP contribution is 2.56. The van der Waals surface area contributed by atoms with Crippen molar-refractivity contribution in [3.05, 3.63) is 222 Å². The van der Waals surface area contributed by atoms with E-state index in [9.17, 15) is 0 Å². The van der Waals surface area contributed by atoms with E-state index in [2.05, 4.69) is 205 Å². The second kappa shape index (κ2) is 12.0. The Morgan fingerprint density at radius 1 is 0.353 bits per heavy atom. The fraction of sp³-hybridized carbons (Fsp3) is 0.0204. The second-order valence-corrected chi connectivity index (χ2v) is 14.4. The summed E-state index contributed by atoms with van der Waals surface area (Å²) in [6.45, 7) is 0. The van der Waals surface area contributed by atoms with Gasteiger partial charge in [-0.1, -0.05) is 146 Å².